The largest absolute Gasteiger partial charge is 0.494 e. The van der Waals surface area contributed by atoms with Gasteiger partial charge in [-0.1, -0.05) is 0 Å². The highest BCUT2D eigenvalue weighted by atomic mass is 16.5. The van der Waals surface area contributed by atoms with Gasteiger partial charge in [-0.25, -0.2) is 5.43 Å². The number of rotatable bonds is 8. The number of amides is 1. The van der Waals surface area contributed by atoms with Crippen molar-refractivity contribution in [3.05, 3.63) is 77.1 Å². The molecule has 0 unspecified atom stereocenters. The van der Waals surface area contributed by atoms with Gasteiger partial charge in [-0.15, -0.1) is 0 Å². The highest BCUT2D eigenvalue weighted by Crippen LogP contribution is 2.22. The van der Waals surface area contributed by atoms with Crippen LogP contribution in [0, 0.1) is 13.8 Å². The molecule has 3 rings (SSSR count). The quantitative estimate of drug-likeness (QED) is 0.438. The molecule has 0 saturated carbocycles. The molecule has 0 bridgehead atoms. The van der Waals surface area contributed by atoms with E-state index >= 15 is 0 Å². The third-order valence-electron chi connectivity index (χ3n) is 4.67. The van der Waals surface area contributed by atoms with E-state index in [1.54, 1.807) is 30.5 Å². The molecule has 3 aromatic rings. The maximum absolute atomic E-state index is 12.3. The molecular formula is C24H27N3O3. The molecular weight excluding hydrogens is 378 g/mol. The highest BCUT2D eigenvalue weighted by Gasteiger charge is 2.10. The topological polar surface area (TPSA) is 64.8 Å². The Morgan fingerprint density at radius 2 is 1.53 bits per heavy atom. The summed E-state index contributed by atoms with van der Waals surface area (Å²) in [7, 11) is 0. The third kappa shape index (κ3) is 4.89. The number of benzene rings is 2. The molecule has 0 atom stereocenters. The summed E-state index contributed by atoms with van der Waals surface area (Å²) in [5.41, 5.74) is 7.21. The summed E-state index contributed by atoms with van der Waals surface area (Å²) >= 11 is 0. The number of carbonyl (C=O) groups is 1. The Bertz CT molecular complexity index is 1020. The lowest BCUT2D eigenvalue weighted by molar-refractivity contribution is 0.0955. The molecule has 0 aliphatic carbocycles. The number of nitrogens with one attached hydrogen (secondary N) is 1. The van der Waals surface area contributed by atoms with Gasteiger partial charge in [0, 0.05) is 28.2 Å². The second kappa shape index (κ2) is 9.78. The Balaban J connectivity index is 1.70. The molecule has 1 amide bonds. The van der Waals surface area contributed by atoms with E-state index in [0.29, 0.717) is 18.8 Å². The van der Waals surface area contributed by atoms with Gasteiger partial charge in [0.1, 0.15) is 11.5 Å². The smallest absolute Gasteiger partial charge is 0.271 e. The molecule has 156 valence electrons. The first-order valence-corrected chi connectivity index (χ1v) is 10.0. The molecule has 0 aliphatic heterocycles. The number of carbonyl (C=O) groups excluding carboxylic acids is 1. The lowest BCUT2D eigenvalue weighted by atomic mass is 10.2. The van der Waals surface area contributed by atoms with Gasteiger partial charge in [-0.2, -0.15) is 5.10 Å². The maximum atomic E-state index is 12.3. The van der Waals surface area contributed by atoms with Crippen LogP contribution in [0.2, 0.25) is 0 Å². The van der Waals surface area contributed by atoms with Crippen LogP contribution in [0.5, 0.6) is 11.5 Å². The minimum atomic E-state index is -0.269. The molecule has 6 heteroatoms. The SMILES string of the molecule is CCOc1ccc(C(=O)N/N=C/c2cc(C)n(-c3ccc(OCC)cc3)c2C)cc1. The highest BCUT2D eigenvalue weighted by molar-refractivity contribution is 5.95. The fourth-order valence-corrected chi connectivity index (χ4v) is 3.27. The second-order valence-electron chi connectivity index (χ2n) is 6.75. The molecule has 1 aromatic heterocycles. The first-order chi connectivity index (χ1) is 14.5. The molecule has 0 spiro atoms. The van der Waals surface area contributed by atoms with Crippen LogP contribution in [0.15, 0.2) is 59.7 Å². The number of aromatic nitrogens is 1. The summed E-state index contributed by atoms with van der Waals surface area (Å²) in [5, 5.41) is 4.13. The summed E-state index contributed by atoms with van der Waals surface area (Å²) in [6.07, 6.45) is 1.67. The first kappa shape index (κ1) is 21.2. The summed E-state index contributed by atoms with van der Waals surface area (Å²) < 4.78 is 13.1. The number of hydrogen-bond donors (Lipinski definition) is 1. The summed E-state index contributed by atoms with van der Waals surface area (Å²) in [6, 6.07) is 17.0. The first-order valence-electron chi connectivity index (χ1n) is 10.0. The zero-order chi connectivity index (χ0) is 21.5. The maximum Gasteiger partial charge on any atom is 0.271 e. The fourth-order valence-electron chi connectivity index (χ4n) is 3.27. The predicted molar refractivity (Wildman–Crippen MR) is 119 cm³/mol. The van der Waals surface area contributed by atoms with Crippen LogP contribution < -0.4 is 14.9 Å². The van der Waals surface area contributed by atoms with Crippen LogP contribution in [0.3, 0.4) is 0 Å². The molecule has 0 radical (unpaired) electrons. The number of hydrogen-bond acceptors (Lipinski definition) is 4. The molecule has 6 nitrogen and oxygen atoms in total. The Morgan fingerprint density at radius 3 is 2.10 bits per heavy atom. The van der Waals surface area contributed by atoms with Gasteiger partial charge in [0.05, 0.1) is 19.4 Å². The monoisotopic (exact) mass is 405 g/mol. The molecule has 2 aromatic carbocycles. The van der Waals surface area contributed by atoms with E-state index < -0.39 is 0 Å². The van der Waals surface area contributed by atoms with E-state index in [1.165, 1.54) is 0 Å². The lowest BCUT2D eigenvalue weighted by Crippen LogP contribution is -2.17. The average Bonchev–Trinajstić information content (AvgIpc) is 3.03. The molecule has 0 saturated heterocycles. The number of aryl methyl sites for hydroxylation is 1. The standard InChI is InChI=1S/C24H27N3O3/c1-5-29-22-11-7-19(8-12-22)24(28)26-25-16-20-15-17(3)27(18(20)4)21-9-13-23(14-10-21)30-6-2/h7-16H,5-6H2,1-4H3,(H,26,28)/b25-16+. The Labute approximate surface area is 177 Å². The minimum absolute atomic E-state index is 0.269. The molecule has 1 heterocycles. The Kier molecular flexibility index (Phi) is 6.91. The van der Waals surface area contributed by atoms with Crippen LogP contribution in [0.1, 0.15) is 41.2 Å². The van der Waals surface area contributed by atoms with Crippen molar-refractivity contribution in [1.82, 2.24) is 9.99 Å². The van der Waals surface area contributed by atoms with Crippen molar-refractivity contribution in [2.75, 3.05) is 13.2 Å². The van der Waals surface area contributed by atoms with Gasteiger partial charge in [-0.05, 0) is 82.3 Å². The molecule has 0 fully saturated rings. The van der Waals surface area contributed by atoms with Crippen molar-refractivity contribution < 1.29 is 14.3 Å². The Hall–Kier alpha value is -3.54. The van der Waals surface area contributed by atoms with Gasteiger partial charge >= 0.3 is 0 Å². The van der Waals surface area contributed by atoms with Gasteiger partial charge in [0.25, 0.3) is 5.91 Å². The van der Waals surface area contributed by atoms with Gasteiger partial charge in [-0.3, -0.25) is 4.79 Å². The van der Waals surface area contributed by atoms with E-state index in [9.17, 15) is 4.79 Å². The van der Waals surface area contributed by atoms with Crippen LogP contribution in [-0.4, -0.2) is 29.9 Å². The molecule has 0 aliphatic rings. The minimum Gasteiger partial charge on any atom is -0.494 e. The van der Waals surface area contributed by atoms with E-state index in [-0.39, 0.29) is 5.91 Å². The zero-order valence-corrected chi connectivity index (χ0v) is 17.8. The van der Waals surface area contributed by atoms with E-state index in [0.717, 1.165) is 34.1 Å². The van der Waals surface area contributed by atoms with E-state index in [4.69, 9.17) is 9.47 Å². The molecule has 1 N–H and O–H groups in total. The van der Waals surface area contributed by atoms with Crippen molar-refractivity contribution >= 4 is 12.1 Å². The lowest BCUT2D eigenvalue weighted by Gasteiger charge is -2.10. The normalized spacial score (nSPS) is 10.9. The summed E-state index contributed by atoms with van der Waals surface area (Å²) in [4.78, 5) is 12.3. The second-order valence-corrected chi connectivity index (χ2v) is 6.75. The Morgan fingerprint density at radius 1 is 0.967 bits per heavy atom. The number of ether oxygens (including phenoxy) is 2. The van der Waals surface area contributed by atoms with Crippen molar-refractivity contribution in [2.45, 2.75) is 27.7 Å². The van der Waals surface area contributed by atoms with Crippen molar-refractivity contribution in [3.8, 4) is 17.2 Å². The predicted octanol–water partition coefficient (Wildman–Crippen LogP) is 4.66. The van der Waals surface area contributed by atoms with Crippen LogP contribution >= 0.6 is 0 Å². The third-order valence-corrected chi connectivity index (χ3v) is 4.67. The van der Waals surface area contributed by atoms with E-state index in [1.807, 2.05) is 58.0 Å². The van der Waals surface area contributed by atoms with Crippen LogP contribution in [0.4, 0.5) is 0 Å². The number of nitrogens with zero attached hydrogens (tertiary/aromatic N) is 2. The number of hydrazone groups is 1. The van der Waals surface area contributed by atoms with Crippen LogP contribution in [0.25, 0.3) is 5.69 Å². The average molecular weight is 405 g/mol. The van der Waals surface area contributed by atoms with Gasteiger partial charge < -0.3 is 14.0 Å². The van der Waals surface area contributed by atoms with Crippen LogP contribution in [-0.2, 0) is 0 Å². The summed E-state index contributed by atoms with van der Waals surface area (Å²) in [6.45, 7) is 9.18. The van der Waals surface area contributed by atoms with E-state index in [2.05, 4.69) is 15.1 Å². The molecule has 30 heavy (non-hydrogen) atoms. The fraction of sp³-hybridized carbons (Fsp3) is 0.250. The van der Waals surface area contributed by atoms with Crippen molar-refractivity contribution in [1.29, 1.82) is 0 Å². The van der Waals surface area contributed by atoms with Gasteiger partial charge in [0.15, 0.2) is 0 Å². The van der Waals surface area contributed by atoms with Crippen molar-refractivity contribution in [3.63, 3.8) is 0 Å². The summed E-state index contributed by atoms with van der Waals surface area (Å²) in [5.74, 6) is 1.32. The van der Waals surface area contributed by atoms with Crippen molar-refractivity contribution in [2.24, 2.45) is 5.10 Å². The zero-order valence-electron chi connectivity index (χ0n) is 17.8. The van der Waals surface area contributed by atoms with Gasteiger partial charge in [0.2, 0.25) is 0 Å².